The number of para-hydroxylation sites is 1. The fourth-order valence-electron chi connectivity index (χ4n) is 2.55. The van der Waals surface area contributed by atoms with Gasteiger partial charge >= 0.3 is 0 Å². The number of hydrogen-bond acceptors (Lipinski definition) is 5. The average Bonchev–Trinajstić information content (AvgIpc) is 2.60. The molecule has 0 radical (unpaired) electrons. The van der Waals surface area contributed by atoms with Crippen molar-refractivity contribution in [1.29, 1.82) is 0 Å². The summed E-state index contributed by atoms with van der Waals surface area (Å²) in [5.41, 5.74) is 0.377. The molecule has 1 saturated heterocycles. The first-order valence-electron chi connectivity index (χ1n) is 7.53. The fourth-order valence-corrected chi connectivity index (χ4v) is 2.55. The Bertz CT molecular complexity index is 576. The predicted molar refractivity (Wildman–Crippen MR) is 93.2 cm³/mol. The van der Waals surface area contributed by atoms with Crippen LogP contribution in [-0.4, -0.2) is 75.6 Å². The second kappa shape index (κ2) is 9.34. The zero-order valence-electron chi connectivity index (χ0n) is 14.2. The lowest BCUT2D eigenvalue weighted by Crippen LogP contribution is -2.49. The molecule has 0 spiro atoms. The van der Waals surface area contributed by atoms with Gasteiger partial charge in [0.25, 0.3) is 5.91 Å². The van der Waals surface area contributed by atoms with Gasteiger partial charge in [-0.05, 0) is 12.1 Å². The molecule has 24 heavy (non-hydrogen) atoms. The van der Waals surface area contributed by atoms with Crippen molar-refractivity contribution in [3.63, 3.8) is 0 Å². The minimum atomic E-state index is -0.274. The van der Waals surface area contributed by atoms with E-state index in [0.717, 1.165) is 13.1 Å². The molecule has 0 saturated carbocycles. The highest BCUT2D eigenvalue weighted by Crippen LogP contribution is 2.31. The fraction of sp³-hybridized carbons (Fsp3) is 0.500. The maximum Gasteiger partial charge on any atom is 0.257 e. The van der Waals surface area contributed by atoms with E-state index in [1.807, 2.05) is 0 Å². The molecule has 2 rings (SSSR count). The maximum atomic E-state index is 12.6. The molecule has 1 heterocycles. The van der Waals surface area contributed by atoms with Crippen LogP contribution in [0.3, 0.4) is 0 Å². The van der Waals surface area contributed by atoms with Gasteiger partial charge in [-0.2, -0.15) is 0 Å². The Balaban J connectivity index is 0.00000288. The number of likely N-dealkylation sites (N-methyl/N-ethyl adjacent to an activating group) is 1. The van der Waals surface area contributed by atoms with Gasteiger partial charge in [0.05, 0.1) is 26.3 Å². The standard InChI is InChI=1S/C16H23N3O4.ClH/c1-18(11-14(20)19-9-7-17-8-10-19)16(21)12-5-4-6-13(22-2)15(12)23-3;/h4-6,17H,7-11H2,1-3H3;1H. The molecule has 1 aromatic carbocycles. The van der Waals surface area contributed by atoms with Crippen LogP contribution in [0.5, 0.6) is 11.5 Å². The first kappa shape index (κ1) is 20.1. The predicted octanol–water partition coefficient (Wildman–Crippen LogP) is 0.629. The molecule has 1 N–H and O–H groups in total. The number of nitrogens with zero attached hydrogens (tertiary/aromatic N) is 2. The van der Waals surface area contributed by atoms with E-state index in [1.54, 1.807) is 30.1 Å². The van der Waals surface area contributed by atoms with Crippen LogP contribution in [-0.2, 0) is 4.79 Å². The smallest absolute Gasteiger partial charge is 0.257 e. The van der Waals surface area contributed by atoms with Crippen LogP contribution in [0.2, 0.25) is 0 Å². The van der Waals surface area contributed by atoms with E-state index in [1.165, 1.54) is 19.1 Å². The second-order valence-electron chi connectivity index (χ2n) is 5.33. The van der Waals surface area contributed by atoms with E-state index in [4.69, 9.17) is 9.47 Å². The van der Waals surface area contributed by atoms with Crippen LogP contribution in [0.1, 0.15) is 10.4 Å². The second-order valence-corrected chi connectivity index (χ2v) is 5.33. The summed E-state index contributed by atoms with van der Waals surface area (Å²) in [6.45, 7) is 2.95. The number of nitrogens with one attached hydrogen (secondary N) is 1. The van der Waals surface area contributed by atoms with E-state index < -0.39 is 0 Å². The zero-order valence-corrected chi connectivity index (χ0v) is 15.0. The maximum absolute atomic E-state index is 12.6. The molecule has 1 aromatic rings. The number of amides is 2. The Morgan fingerprint density at radius 3 is 2.46 bits per heavy atom. The molecule has 7 nitrogen and oxygen atoms in total. The third-order valence-corrected chi connectivity index (χ3v) is 3.82. The Kier molecular flexibility index (Phi) is 7.81. The first-order chi connectivity index (χ1) is 11.1. The molecule has 1 fully saturated rings. The van der Waals surface area contributed by atoms with Crippen molar-refractivity contribution in [2.24, 2.45) is 0 Å². The minimum Gasteiger partial charge on any atom is -0.493 e. The summed E-state index contributed by atoms with van der Waals surface area (Å²) in [4.78, 5) is 28.1. The van der Waals surface area contributed by atoms with E-state index in [0.29, 0.717) is 30.2 Å². The number of hydrogen-bond donors (Lipinski definition) is 1. The number of methoxy groups -OCH3 is 2. The Labute approximate surface area is 148 Å². The van der Waals surface area contributed by atoms with Gasteiger partial charge in [0, 0.05) is 33.2 Å². The Morgan fingerprint density at radius 2 is 1.88 bits per heavy atom. The van der Waals surface area contributed by atoms with Crippen molar-refractivity contribution in [2.45, 2.75) is 0 Å². The molecule has 134 valence electrons. The third kappa shape index (κ3) is 4.52. The summed E-state index contributed by atoms with van der Waals surface area (Å²) in [7, 11) is 4.62. The van der Waals surface area contributed by atoms with Gasteiger partial charge in [0.1, 0.15) is 0 Å². The van der Waals surface area contributed by atoms with Crippen molar-refractivity contribution in [1.82, 2.24) is 15.1 Å². The number of halogens is 1. The molecule has 0 unspecified atom stereocenters. The molecule has 1 aliphatic rings. The van der Waals surface area contributed by atoms with Crippen molar-refractivity contribution in [3.05, 3.63) is 23.8 Å². The minimum absolute atomic E-state index is 0. The molecule has 0 atom stereocenters. The van der Waals surface area contributed by atoms with Crippen LogP contribution in [0.25, 0.3) is 0 Å². The molecule has 1 aliphatic heterocycles. The van der Waals surface area contributed by atoms with Gasteiger partial charge in [0.15, 0.2) is 11.5 Å². The Hall–Kier alpha value is -1.99. The van der Waals surface area contributed by atoms with Crippen LogP contribution in [0.4, 0.5) is 0 Å². The summed E-state index contributed by atoms with van der Waals surface area (Å²) >= 11 is 0. The van der Waals surface area contributed by atoms with E-state index in [2.05, 4.69) is 5.32 Å². The molecule has 0 bridgehead atoms. The quantitative estimate of drug-likeness (QED) is 0.837. The number of benzene rings is 1. The van der Waals surface area contributed by atoms with Gasteiger partial charge in [-0.15, -0.1) is 12.4 Å². The van der Waals surface area contributed by atoms with E-state index >= 15 is 0 Å². The molecular formula is C16H24ClN3O4. The van der Waals surface area contributed by atoms with Crippen LogP contribution < -0.4 is 14.8 Å². The largest absolute Gasteiger partial charge is 0.493 e. The van der Waals surface area contributed by atoms with Gasteiger partial charge < -0.3 is 24.6 Å². The first-order valence-corrected chi connectivity index (χ1v) is 7.53. The van der Waals surface area contributed by atoms with Crippen molar-refractivity contribution in [3.8, 4) is 11.5 Å². The number of piperazine rings is 1. The number of ether oxygens (including phenoxy) is 2. The van der Waals surface area contributed by atoms with Gasteiger partial charge in [-0.3, -0.25) is 9.59 Å². The number of carbonyl (C=O) groups excluding carboxylic acids is 2. The van der Waals surface area contributed by atoms with E-state index in [9.17, 15) is 9.59 Å². The zero-order chi connectivity index (χ0) is 16.8. The highest BCUT2D eigenvalue weighted by atomic mass is 35.5. The lowest BCUT2D eigenvalue weighted by Gasteiger charge is -2.29. The summed E-state index contributed by atoms with van der Waals surface area (Å²) < 4.78 is 10.5. The van der Waals surface area contributed by atoms with E-state index in [-0.39, 0.29) is 30.8 Å². The van der Waals surface area contributed by atoms with Gasteiger partial charge in [-0.25, -0.2) is 0 Å². The molecule has 0 aromatic heterocycles. The van der Waals surface area contributed by atoms with Crippen LogP contribution >= 0.6 is 12.4 Å². The van der Waals surface area contributed by atoms with Crippen molar-refractivity contribution in [2.75, 3.05) is 54.0 Å². The lowest BCUT2D eigenvalue weighted by atomic mass is 10.1. The molecule has 2 amide bonds. The molecule has 8 heteroatoms. The van der Waals surface area contributed by atoms with Gasteiger partial charge in [-0.1, -0.05) is 6.07 Å². The summed E-state index contributed by atoms with van der Waals surface area (Å²) in [6, 6.07) is 5.11. The number of carbonyl (C=O) groups is 2. The monoisotopic (exact) mass is 357 g/mol. The highest BCUT2D eigenvalue weighted by Gasteiger charge is 2.23. The lowest BCUT2D eigenvalue weighted by molar-refractivity contribution is -0.132. The third-order valence-electron chi connectivity index (χ3n) is 3.82. The Morgan fingerprint density at radius 1 is 1.21 bits per heavy atom. The normalized spacial score (nSPS) is 13.7. The average molecular weight is 358 g/mol. The highest BCUT2D eigenvalue weighted by molar-refractivity contribution is 5.99. The van der Waals surface area contributed by atoms with Gasteiger partial charge in [0.2, 0.25) is 5.91 Å². The molecule has 0 aliphatic carbocycles. The summed E-state index contributed by atoms with van der Waals surface area (Å²) in [5, 5.41) is 3.19. The van der Waals surface area contributed by atoms with Crippen LogP contribution in [0.15, 0.2) is 18.2 Å². The number of rotatable bonds is 5. The molecular weight excluding hydrogens is 334 g/mol. The van der Waals surface area contributed by atoms with Crippen molar-refractivity contribution >= 4 is 24.2 Å². The SMILES string of the molecule is COc1cccc(C(=O)N(C)CC(=O)N2CCNCC2)c1OC.Cl. The van der Waals surface area contributed by atoms with Crippen molar-refractivity contribution < 1.29 is 19.1 Å². The van der Waals surface area contributed by atoms with Crippen LogP contribution in [0, 0.1) is 0 Å². The topological polar surface area (TPSA) is 71.1 Å². The summed E-state index contributed by atoms with van der Waals surface area (Å²) in [5.74, 6) is 0.537. The summed E-state index contributed by atoms with van der Waals surface area (Å²) in [6.07, 6.45) is 0.